The van der Waals surface area contributed by atoms with Crippen molar-refractivity contribution in [2.75, 3.05) is 13.2 Å². The first kappa shape index (κ1) is 11.4. The van der Waals surface area contributed by atoms with Crippen molar-refractivity contribution in [1.29, 1.82) is 0 Å². The van der Waals surface area contributed by atoms with Crippen LogP contribution in [0.5, 0.6) is 5.75 Å². The Morgan fingerprint density at radius 2 is 2.25 bits per heavy atom. The summed E-state index contributed by atoms with van der Waals surface area (Å²) in [7, 11) is 0. The molecule has 0 fully saturated rings. The van der Waals surface area contributed by atoms with Gasteiger partial charge in [0.25, 0.3) is 0 Å². The van der Waals surface area contributed by atoms with Gasteiger partial charge in [0.05, 0.1) is 12.7 Å². The molecule has 0 radical (unpaired) electrons. The van der Waals surface area contributed by atoms with Crippen molar-refractivity contribution in [2.45, 2.75) is 25.0 Å². The van der Waals surface area contributed by atoms with Crippen molar-refractivity contribution < 1.29 is 20.1 Å². The molecule has 1 aromatic carbocycles. The highest BCUT2D eigenvalue weighted by Crippen LogP contribution is 2.36. The van der Waals surface area contributed by atoms with E-state index in [4.69, 9.17) is 9.84 Å². The average molecular weight is 224 g/mol. The van der Waals surface area contributed by atoms with E-state index >= 15 is 0 Å². The summed E-state index contributed by atoms with van der Waals surface area (Å²) in [4.78, 5) is 0. The lowest BCUT2D eigenvalue weighted by atomic mass is 10.1. The molecule has 2 atom stereocenters. The molecule has 4 heteroatoms. The predicted octanol–water partition coefficient (Wildman–Crippen LogP) is 0.398. The third-order valence-corrected chi connectivity index (χ3v) is 2.84. The number of hydrogen-bond acceptors (Lipinski definition) is 4. The van der Waals surface area contributed by atoms with E-state index in [0.29, 0.717) is 5.75 Å². The zero-order valence-electron chi connectivity index (χ0n) is 8.97. The van der Waals surface area contributed by atoms with Crippen LogP contribution in [-0.2, 0) is 6.42 Å². The van der Waals surface area contributed by atoms with Crippen LogP contribution in [0.4, 0.5) is 0 Å². The standard InChI is InChI=1S/C12H16O4/c13-6-8(14)7-16-12-3-1-2-9-10(12)4-5-11(9)15/h1-3,8,11,13-15H,4-7H2. The summed E-state index contributed by atoms with van der Waals surface area (Å²) in [6.07, 6.45) is 0.253. The van der Waals surface area contributed by atoms with Crippen molar-refractivity contribution in [3.8, 4) is 5.75 Å². The van der Waals surface area contributed by atoms with Crippen molar-refractivity contribution in [2.24, 2.45) is 0 Å². The van der Waals surface area contributed by atoms with Gasteiger partial charge in [-0.15, -0.1) is 0 Å². The maximum atomic E-state index is 9.68. The summed E-state index contributed by atoms with van der Waals surface area (Å²) in [5.74, 6) is 0.696. The Hall–Kier alpha value is -1.10. The highest BCUT2D eigenvalue weighted by Gasteiger charge is 2.23. The van der Waals surface area contributed by atoms with Crippen LogP contribution in [0.15, 0.2) is 18.2 Å². The van der Waals surface area contributed by atoms with Gasteiger partial charge in [-0.2, -0.15) is 0 Å². The zero-order chi connectivity index (χ0) is 11.5. The van der Waals surface area contributed by atoms with Crippen molar-refractivity contribution in [3.63, 3.8) is 0 Å². The lowest BCUT2D eigenvalue weighted by molar-refractivity contribution is 0.0533. The summed E-state index contributed by atoms with van der Waals surface area (Å²) in [5, 5.41) is 27.6. The fourth-order valence-corrected chi connectivity index (χ4v) is 1.97. The van der Waals surface area contributed by atoms with Crippen LogP contribution in [0, 0.1) is 0 Å². The minimum absolute atomic E-state index is 0.0725. The van der Waals surface area contributed by atoms with E-state index in [1.807, 2.05) is 18.2 Å². The van der Waals surface area contributed by atoms with E-state index in [1.165, 1.54) is 0 Å². The molecule has 0 spiro atoms. The van der Waals surface area contributed by atoms with Crippen LogP contribution in [0.2, 0.25) is 0 Å². The first-order valence-corrected chi connectivity index (χ1v) is 5.44. The highest BCUT2D eigenvalue weighted by atomic mass is 16.5. The molecule has 0 saturated carbocycles. The lowest BCUT2D eigenvalue weighted by Crippen LogP contribution is -2.21. The number of hydrogen-bond donors (Lipinski definition) is 3. The second-order valence-corrected chi connectivity index (χ2v) is 4.03. The monoisotopic (exact) mass is 224 g/mol. The molecule has 0 bridgehead atoms. The third-order valence-electron chi connectivity index (χ3n) is 2.84. The maximum absolute atomic E-state index is 9.68. The van der Waals surface area contributed by atoms with Gasteiger partial charge in [-0.3, -0.25) is 0 Å². The Kier molecular flexibility index (Phi) is 3.43. The van der Waals surface area contributed by atoms with E-state index in [-0.39, 0.29) is 13.2 Å². The summed E-state index contributed by atoms with van der Waals surface area (Å²) >= 11 is 0. The Bertz CT molecular complexity index is 364. The zero-order valence-corrected chi connectivity index (χ0v) is 8.97. The Balaban J connectivity index is 2.11. The minimum atomic E-state index is -0.859. The Morgan fingerprint density at radius 3 is 3.00 bits per heavy atom. The first-order chi connectivity index (χ1) is 7.72. The molecule has 0 aromatic heterocycles. The van der Waals surface area contributed by atoms with E-state index in [2.05, 4.69) is 0 Å². The number of rotatable bonds is 4. The van der Waals surface area contributed by atoms with Gasteiger partial charge in [0.1, 0.15) is 18.5 Å². The van der Waals surface area contributed by atoms with Crippen LogP contribution in [-0.4, -0.2) is 34.6 Å². The number of ether oxygens (including phenoxy) is 1. The summed E-state index contributed by atoms with van der Waals surface area (Å²) in [6.45, 7) is -0.235. The molecule has 1 aliphatic rings. The van der Waals surface area contributed by atoms with Crippen molar-refractivity contribution in [3.05, 3.63) is 29.3 Å². The van der Waals surface area contributed by atoms with E-state index in [9.17, 15) is 10.2 Å². The Morgan fingerprint density at radius 1 is 1.44 bits per heavy atom. The molecule has 1 aromatic rings. The molecule has 2 unspecified atom stereocenters. The summed E-state index contributed by atoms with van der Waals surface area (Å²) in [5.41, 5.74) is 1.93. The molecule has 1 aliphatic carbocycles. The molecule has 0 saturated heterocycles. The van der Waals surface area contributed by atoms with E-state index in [1.54, 1.807) is 0 Å². The highest BCUT2D eigenvalue weighted by molar-refractivity contribution is 5.44. The number of fused-ring (bicyclic) bond motifs is 1. The van der Waals surface area contributed by atoms with Crippen LogP contribution in [0.1, 0.15) is 23.7 Å². The molecule has 2 rings (SSSR count). The summed E-state index contributed by atoms with van der Waals surface area (Å²) in [6, 6.07) is 5.54. The van der Waals surface area contributed by atoms with Gasteiger partial charge in [-0.1, -0.05) is 12.1 Å². The second-order valence-electron chi connectivity index (χ2n) is 4.03. The van der Waals surface area contributed by atoms with E-state index < -0.39 is 12.2 Å². The largest absolute Gasteiger partial charge is 0.491 e. The molecular formula is C12H16O4. The molecular weight excluding hydrogens is 208 g/mol. The first-order valence-electron chi connectivity index (χ1n) is 5.44. The second kappa shape index (κ2) is 4.82. The van der Waals surface area contributed by atoms with Crippen molar-refractivity contribution in [1.82, 2.24) is 0 Å². The number of aliphatic hydroxyl groups is 3. The number of aliphatic hydroxyl groups excluding tert-OH is 3. The van der Waals surface area contributed by atoms with Gasteiger partial charge in [-0.25, -0.2) is 0 Å². The minimum Gasteiger partial charge on any atom is -0.491 e. The lowest BCUT2D eigenvalue weighted by Gasteiger charge is -2.13. The molecule has 0 amide bonds. The number of benzene rings is 1. The fraction of sp³-hybridized carbons (Fsp3) is 0.500. The maximum Gasteiger partial charge on any atom is 0.122 e. The molecule has 88 valence electrons. The van der Waals surface area contributed by atoms with Gasteiger partial charge in [0, 0.05) is 5.56 Å². The molecule has 16 heavy (non-hydrogen) atoms. The Labute approximate surface area is 94.1 Å². The van der Waals surface area contributed by atoms with Crippen LogP contribution >= 0.6 is 0 Å². The van der Waals surface area contributed by atoms with Crippen LogP contribution in [0.3, 0.4) is 0 Å². The third kappa shape index (κ3) is 2.19. The quantitative estimate of drug-likeness (QED) is 0.692. The molecule has 0 heterocycles. The van der Waals surface area contributed by atoms with Crippen LogP contribution < -0.4 is 4.74 Å². The topological polar surface area (TPSA) is 69.9 Å². The van der Waals surface area contributed by atoms with Gasteiger partial charge >= 0.3 is 0 Å². The van der Waals surface area contributed by atoms with Gasteiger partial charge in [0.2, 0.25) is 0 Å². The van der Waals surface area contributed by atoms with Crippen molar-refractivity contribution >= 4 is 0 Å². The normalized spacial score (nSPS) is 20.6. The fourth-order valence-electron chi connectivity index (χ4n) is 1.97. The van der Waals surface area contributed by atoms with Crippen LogP contribution in [0.25, 0.3) is 0 Å². The summed E-state index contributed by atoms with van der Waals surface area (Å²) < 4.78 is 5.43. The SMILES string of the molecule is OCC(O)COc1cccc2c1CCC2O. The van der Waals surface area contributed by atoms with Gasteiger partial charge in [-0.05, 0) is 24.5 Å². The smallest absolute Gasteiger partial charge is 0.122 e. The predicted molar refractivity (Wildman–Crippen MR) is 58.3 cm³/mol. The average Bonchev–Trinajstić information content (AvgIpc) is 2.69. The van der Waals surface area contributed by atoms with Gasteiger partial charge in [0.15, 0.2) is 0 Å². The molecule has 0 aliphatic heterocycles. The molecule has 3 N–H and O–H groups in total. The van der Waals surface area contributed by atoms with Gasteiger partial charge < -0.3 is 20.1 Å². The molecule has 4 nitrogen and oxygen atoms in total. The van der Waals surface area contributed by atoms with E-state index in [0.717, 1.165) is 24.0 Å².